The summed E-state index contributed by atoms with van der Waals surface area (Å²) < 4.78 is 1.03. The number of para-hydroxylation sites is 1. The summed E-state index contributed by atoms with van der Waals surface area (Å²) in [6.45, 7) is 3.51. The van der Waals surface area contributed by atoms with Crippen molar-refractivity contribution in [2.24, 2.45) is 0 Å². The molecule has 0 aliphatic carbocycles. The van der Waals surface area contributed by atoms with E-state index in [1.54, 1.807) is 12.1 Å². The van der Waals surface area contributed by atoms with E-state index in [0.717, 1.165) is 10.9 Å². The first kappa shape index (κ1) is 16.2. The van der Waals surface area contributed by atoms with Gasteiger partial charge in [-0.2, -0.15) is 5.10 Å². The summed E-state index contributed by atoms with van der Waals surface area (Å²) in [5, 5.41) is 31.4. The maximum Gasteiger partial charge on any atom is 0.339 e. The zero-order valence-corrected chi connectivity index (χ0v) is 11.6. The number of carboxylic acid groups (broad SMARTS) is 2. The Hall–Kier alpha value is -2.83. The summed E-state index contributed by atoms with van der Waals surface area (Å²) in [7, 11) is 0. The number of phenolic OH excluding ortho intramolecular Hbond substituents is 1. The maximum atomic E-state index is 11.1. The topological polar surface area (TPSA) is 113 Å². The highest BCUT2D eigenvalue weighted by Gasteiger charge is 2.21. The lowest BCUT2D eigenvalue weighted by molar-refractivity contribution is -0.137. The Morgan fingerprint density at radius 2 is 1.81 bits per heavy atom. The van der Waals surface area contributed by atoms with Crippen LogP contribution in [0.2, 0.25) is 0 Å². The average Bonchev–Trinajstić information content (AvgIpc) is 2.84. The predicted molar refractivity (Wildman–Crippen MR) is 75.3 cm³/mol. The molecule has 0 atom stereocenters. The van der Waals surface area contributed by atoms with Crippen molar-refractivity contribution >= 4 is 11.9 Å². The molecule has 0 saturated heterocycles. The molecular formula is C14H16N2O5. The summed E-state index contributed by atoms with van der Waals surface area (Å²) in [6, 6.07) is 6.08. The Labute approximate surface area is 121 Å². The minimum absolute atomic E-state index is 0.0630. The van der Waals surface area contributed by atoms with Crippen molar-refractivity contribution < 1.29 is 24.9 Å². The minimum atomic E-state index is -1.24. The number of rotatable bonds is 4. The molecule has 21 heavy (non-hydrogen) atoms. The van der Waals surface area contributed by atoms with E-state index in [9.17, 15) is 14.7 Å². The molecule has 0 saturated carbocycles. The van der Waals surface area contributed by atoms with Crippen LogP contribution in [0.5, 0.6) is 5.75 Å². The molecule has 2 rings (SSSR count). The van der Waals surface area contributed by atoms with Gasteiger partial charge in [0.25, 0.3) is 0 Å². The fourth-order valence-corrected chi connectivity index (χ4v) is 1.75. The highest BCUT2D eigenvalue weighted by molar-refractivity contribution is 5.95. The fourth-order valence-electron chi connectivity index (χ4n) is 1.75. The molecule has 0 bridgehead atoms. The van der Waals surface area contributed by atoms with Crippen LogP contribution < -0.4 is 0 Å². The smallest absolute Gasteiger partial charge is 0.339 e. The molecule has 1 aromatic heterocycles. The van der Waals surface area contributed by atoms with E-state index in [0.29, 0.717) is 0 Å². The van der Waals surface area contributed by atoms with Gasteiger partial charge in [-0.3, -0.25) is 9.48 Å². The quantitative estimate of drug-likeness (QED) is 0.795. The largest absolute Gasteiger partial charge is 0.507 e. The van der Waals surface area contributed by atoms with Gasteiger partial charge in [0.05, 0.1) is 11.9 Å². The Bertz CT molecular complexity index is 649. The van der Waals surface area contributed by atoms with Crippen molar-refractivity contribution in [3.05, 3.63) is 36.0 Å². The van der Waals surface area contributed by atoms with Gasteiger partial charge in [0, 0.05) is 5.56 Å². The van der Waals surface area contributed by atoms with Crippen LogP contribution in [0.15, 0.2) is 30.5 Å². The first-order valence-electron chi connectivity index (χ1n) is 6.30. The molecule has 7 nitrogen and oxygen atoms in total. The van der Waals surface area contributed by atoms with E-state index in [1.165, 1.54) is 12.1 Å². The Kier molecular flexibility index (Phi) is 5.48. The highest BCUT2D eigenvalue weighted by atomic mass is 16.4. The number of nitrogens with zero attached hydrogens (tertiary/aromatic N) is 2. The van der Waals surface area contributed by atoms with Crippen LogP contribution in [0.1, 0.15) is 24.2 Å². The van der Waals surface area contributed by atoms with Crippen LogP contribution >= 0.6 is 0 Å². The predicted octanol–water partition coefficient (Wildman–Crippen LogP) is 2.06. The third-order valence-electron chi connectivity index (χ3n) is 2.51. The van der Waals surface area contributed by atoms with E-state index < -0.39 is 18.5 Å². The normalized spacial score (nSPS) is 9.62. The molecule has 0 radical (unpaired) electrons. The number of carbonyl (C=O) groups is 2. The van der Waals surface area contributed by atoms with Gasteiger partial charge in [-0.15, -0.1) is 0 Å². The maximum absolute atomic E-state index is 11.1. The van der Waals surface area contributed by atoms with Crippen LogP contribution in [-0.4, -0.2) is 37.0 Å². The van der Waals surface area contributed by atoms with Gasteiger partial charge < -0.3 is 15.3 Å². The average molecular weight is 292 g/mol. The second kappa shape index (κ2) is 7.09. The number of aliphatic carboxylic acids is 1. The summed E-state index contributed by atoms with van der Waals surface area (Å²) in [4.78, 5) is 21.9. The summed E-state index contributed by atoms with van der Waals surface area (Å²) >= 11 is 0. The highest BCUT2D eigenvalue weighted by Crippen LogP contribution is 2.31. The lowest BCUT2D eigenvalue weighted by Gasteiger charge is -2.08. The molecule has 0 aliphatic heterocycles. The Balaban J connectivity index is 0.00000106. The number of phenols is 1. The molecule has 0 spiro atoms. The van der Waals surface area contributed by atoms with Gasteiger partial charge in [-0.1, -0.05) is 26.0 Å². The summed E-state index contributed by atoms with van der Waals surface area (Å²) in [5.41, 5.74) is 0.120. The molecule has 0 fully saturated rings. The number of hydrogen-bond acceptors (Lipinski definition) is 4. The van der Waals surface area contributed by atoms with Gasteiger partial charge in [-0.25, -0.2) is 4.79 Å². The van der Waals surface area contributed by atoms with Crippen molar-refractivity contribution in [3.63, 3.8) is 0 Å². The lowest BCUT2D eigenvalue weighted by atomic mass is 10.1. The monoisotopic (exact) mass is 292 g/mol. The third-order valence-corrected chi connectivity index (χ3v) is 2.51. The number of benzene rings is 1. The minimum Gasteiger partial charge on any atom is -0.507 e. The van der Waals surface area contributed by atoms with Crippen molar-refractivity contribution in [2.75, 3.05) is 0 Å². The molecule has 112 valence electrons. The molecule has 0 aliphatic rings. The SMILES string of the molecule is CC.O=C(O)Cn1ncc(C(=O)O)c1-c1ccccc1O. The van der Waals surface area contributed by atoms with Gasteiger partial charge >= 0.3 is 11.9 Å². The van der Waals surface area contributed by atoms with Crippen molar-refractivity contribution in [1.29, 1.82) is 0 Å². The number of aromatic carboxylic acids is 1. The molecule has 3 N–H and O–H groups in total. The molecule has 2 aromatic rings. The molecule has 1 aromatic carbocycles. The molecule has 7 heteroatoms. The van der Waals surface area contributed by atoms with Gasteiger partial charge in [0.2, 0.25) is 0 Å². The first-order chi connectivity index (χ1) is 10.0. The molecule has 0 amide bonds. The van der Waals surface area contributed by atoms with E-state index >= 15 is 0 Å². The van der Waals surface area contributed by atoms with E-state index in [2.05, 4.69) is 5.10 Å². The van der Waals surface area contributed by atoms with E-state index in [4.69, 9.17) is 10.2 Å². The van der Waals surface area contributed by atoms with Crippen molar-refractivity contribution in [2.45, 2.75) is 20.4 Å². The van der Waals surface area contributed by atoms with E-state index in [1.807, 2.05) is 13.8 Å². The Morgan fingerprint density at radius 3 is 2.33 bits per heavy atom. The first-order valence-corrected chi connectivity index (χ1v) is 6.30. The van der Waals surface area contributed by atoms with Crippen LogP contribution in [0.3, 0.4) is 0 Å². The summed E-state index contributed by atoms with van der Waals surface area (Å²) in [5.74, 6) is -2.54. The molecule has 0 unspecified atom stereocenters. The standard InChI is InChI=1S/C12H10N2O5.C2H6/c15-9-4-2-1-3-7(9)11-8(12(18)19)5-13-14(11)6-10(16)17;1-2/h1-5,15H,6H2,(H,16,17)(H,18,19);1-2H3. The number of hydrogen-bond donors (Lipinski definition) is 3. The third kappa shape index (κ3) is 3.59. The van der Waals surface area contributed by atoms with Crippen LogP contribution in [0.4, 0.5) is 0 Å². The van der Waals surface area contributed by atoms with Gasteiger partial charge in [0.15, 0.2) is 0 Å². The zero-order valence-electron chi connectivity index (χ0n) is 11.6. The van der Waals surface area contributed by atoms with Crippen molar-refractivity contribution in [3.8, 4) is 17.0 Å². The number of carboxylic acids is 2. The second-order valence-electron chi connectivity index (χ2n) is 3.78. The fraction of sp³-hybridized carbons (Fsp3) is 0.214. The Morgan fingerprint density at radius 1 is 1.19 bits per heavy atom. The molecule has 1 heterocycles. The summed E-state index contributed by atoms with van der Waals surface area (Å²) in [6.07, 6.45) is 1.06. The number of aromatic nitrogens is 2. The van der Waals surface area contributed by atoms with Crippen LogP contribution in [0.25, 0.3) is 11.3 Å². The van der Waals surface area contributed by atoms with E-state index in [-0.39, 0.29) is 22.6 Å². The van der Waals surface area contributed by atoms with Crippen molar-refractivity contribution in [1.82, 2.24) is 9.78 Å². The van der Waals surface area contributed by atoms with Crippen LogP contribution in [0, 0.1) is 0 Å². The second-order valence-corrected chi connectivity index (χ2v) is 3.78. The zero-order chi connectivity index (χ0) is 16.0. The lowest BCUT2D eigenvalue weighted by Crippen LogP contribution is -2.12. The number of aromatic hydroxyl groups is 1. The van der Waals surface area contributed by atoms with Gasteiger partial charge in [0.1, 0.15) is 17.9 Å². The van der Waals surface area contributed by atoms with Crippen LogP contribution in [-0.2, 0) is 11.3 Å². The van der Waals surface area contributed by atoms with Gasteiger partial charge in [-0.05, 0) is 12.1 Å². The molecular weight excluding hydrogens is 276 g/mol.